The molecule has 124 valence electrons. The first-order valence-electron chi connectivity index (χ1n) is 7.24. The van der Waals surface area contributed by atoms with Crippen molar-refractivity contribution < 1.29 is 0 Å². The van der Waals surface area contributed by atoms with E-state index in [1.165, 1.54) is 4.88 Å². The molecular formula is C16H14Cl2N4S2. The Kier molecular flexibility index (Phi) is 5.59. The Balaban J connectivity index is 1.92. The normalized spacial score (nSPS) is 12.2. The van der Waals surface area contributed by atoms with Crippen molar-refractivity contribution in [3.8, 4) is 6.07 Å². The number of hydrogen-bond acceptors (Lipinski definition) is 6. The number of nitrogens with two attached hydrogens (primary N) is 1. The Bertz CT molecular complexity index is 884. The minimum absolute atomic E-state index is 0.237. The van der Waals surface area contributed by atoms with E-state index in [0.29, 0.717) is 35.1 Å². The van der Waals surface area contributed by atoms with Crippen LogP contribution in [-0.4, -0.2) is 11.0 Å². The molecule has 0 aliphatic heterocycles. The standard InChI is InChI=1S/C16H14Cl2N4S2/c17-13-7-11(21-8-10-2-1-5-23-10)16-15(22-13)14(18)12(24-16)6-9(20)3-4-19/h1-2,5,7,9H,3,6,8,20H2,(H,21,22). The smallest absolute Gasteiger partial charge is 0.131 e. The molecule has 3 aromatic heterocycles. The highest BCUT2D eigenvalue weighted by atomic mass is 35.5. The van der Waals surface area contributed by atoms with Crippen molar-refractivity contribution in [3.05, 3.63) is 43.5 Å². The summed E-state index contributed by atoms with van der Waals surface area (Å²) in [6.45, 7) is 0.714. The van der Waals surface area contributed by atoms with Crippen molar-refractivity contribution in [2.24, 2.45) is 5.73 Å². The van der Waals surface area contributed by atoms with Gasteiger partial charge in [-0.05, 0) is 17.9 Å². The van der Waals surface area contributed by atoms with Crippen molar-refractivity contribution in [1.29, 1.82) is 5.26 Å². The van der Waals surface area contributed by atoms with Crippen LogP contribution in [0, 0.1) is 11.3 Å². The van der Waals surface area contributed by atoms with Crippen LogP contribution in [0.4, 0.5) is 5.69 Å². The summed E-state index contributed by atoms with van der Waals surface area (Å²) in [6.07, 6.45) is 0.845. The Labute approximate surface area is 157 Å². The van der Waals surface area contributed by atoms with Crippen LogP contribution in [0.15, 0.2) is 23.6 Å². The van der Waals surface area contributed by atoms with Gasteiger partial charge in [0.2, 0.25) is 0 Å². The van der Waals surface area contributed by atoms with Crippen LogP contribution in [0.2, 0.25) is 10.2 Å². The van der Waals surface area contributed by atoms with Crippen molar-refractivity contribution in [2.75, 3.05) is 5.32 Å². The van der Waals surface area contributed by atoms with Gasteiger partial charge in [-0.15, -0.1) is 22.7 Å². The molecule has 1 atom stereocenters. The quantitative estimate of drug-likeness (QED) is 0.570. The number of anilines is 1. The number of pyridine rings is 1. The second kappa shape index (κ2) is 7.68. The van der Waals surface area contributed by atoms with Crippen LogP contribution < -0.4 is 11.1 Å². The Morgan fingerprint density at radius 1 is 1.42 bits per heavy atom. The van der Waals surface area contributed by atoms with Gasteiger partial charge in [0, 0.05) is 28.4 Å². The van der Waals surface area contributed by atoms with Gasteiger partial charge in [0.05, 0.1) is 27.9 Å². The number of fused-ring (bicyclic) bond motifs is 1. The Hall–Kier alpha value is -1.36. The van der Waals surface area contributed by atoms with Gasteiger partial charge in [-0.3, -0.25) is 0 Å². The summed E-state index contributed by atoms with van der Waals surface area (Å²) in [4.78, 5) is 6.52. The number of rotatable bonds is 6. The summed E-state index contributed by atoms with van der Waals surface area (Å²) in [5.41, 5.74) is 7.55. The molecule has 0 amide bonds. The molecule has 0 spiro atoms. The number of aromatic nitrogens is 1. The Morgan fingerprint density at radius 2 is 2.25 bits per heavy atom. The highest BCUT2D eigenvalue weighted by Gasteiger charge is 2.18. The second-order valence-corrected chi connectivity index (χ2v) is 8.17. The molecule has 0 aliphatic carbocycles. The van der Waals surface area contributed by atoms with E-state index >= 15 is 0 Å². The molecule has 3 rings (SSSR count). The van der Waals surface area contributed by atoms with Crippen LogP contribution in [0.3, 0.4) is 0 Å². The third-order valence-electron chi connectivity index (χ3n) is 3.45. The van der Waals surface area contributed by atoms with E-state index in [2.05, 4.69) is 22.4 Å². The number of thiophene rings is 2. The second-order valence-electron chi connectivity index (χ2n) is 5.27. The third kappa shape index (κ3) is 3.82. The summed E-state index contributed by atoms with van der Waals surface area (Å²) in [5.74, 6) is 0. The molecule has 3 N–H and O–H groups in total. The van der Waals surface area contributed by atoms with Crippen LogP contribution in [0.5, 0.6) is 0 Å². The van der Waals surface area contributed by atoms with Crippen LogP contribution in [0.1, 0.15) is 16.2 Å². The lowest BCUT2D eigenvalue weighted by Gasteiger charge is -2.06. The fourth-order valence-corrected chi connectivity index (χ4v) is 4.78. The van der Waals surface area contributed by atoms with Gasteiger partial charge < -0.3 is 11.1 Å². The zero-order valence-corrected chi connectivity index (χ0v) is 15.7. The first kappa shape index (κ1) is 17.5. The minimum atomic E-state index is -0.237. The van der Waals surface area contributed by atoms with Gasteiger partial charge in [0.15, 0.2) is 0 Å². The third-order valence-corrected chi connectivity index (χ3v) is 6.28. The maximum atomic E-state index is 8.77. The predicted octanol–water partition coefficient (Wildman–Crippen LogP) is 5.06. The highest BCUT2D eigenvalue weighted by molar-refractivity contribution is 7.20. The number of hydrogen-bond donors (Lipinski definition) is 2. The number of halogens is 2. The average molecular weight is 397 g/mol. The summed E-state index contributed by atoms with van der Waals surface area (Å²) in [6, 6.07) is 7.75. The first-order chi connectivity index (χ1) is 11.6. The average Bonchev–Trinajstić information content (AvgIpc) is 3.15. The van der Waals surface area contributed by atoms with Gasteiger partial charge in [-0.2, -0.15) is 5.26 Å². The minimum Gasteiger partial charge on any atom is -0.379 e. The highest BCUT2D eigenvalue weighted by Crippen LogP contribution is 2.40. The molecule has 3 heterocycles. The number of nitrogens with zero attached hydrogens (tertiary/aromatic N) is 2. The molecule has 0 saturated carbocycles. The van der Waals surface area contributed by atoms with Crippen LogP contribution >= 0.6 is 45.9 Å². The van der Waals surface area contributed by atoms with Crippen LogP contribution in [-0.2, 0) is 13.0 Å². The fraction of sp³-hybridized carbons (Fsp3) is 0.250. The molecule has 0 bridgehead atoms. The molecule has 0 radical (unpaired) electrons. The van der Waals surface area contributed by atoms with E-state index in [0.717, 1.165) is 15.3 Å². The molecule has 0 aliphatic rings. The summed E-state index contributed by atoms with van der Waals surface area (Å²) in [5, 5.41) is 15.2. The molecule has 0 saturated heterocycles. The topological polar surface area (TPSA) is 74.7 Å². The zero-order valence-electron chi connectivity index (χ0n) is 12.6. The van der Waals surface area contributed by atoms with E-state index in [1.54, 1.807) is 22.7 Å². The van der Waals surface area contributed by atoms with Gasteiger partial charge in [-0.1, -0.05) is 29.3 Å². The van der Waals surface area contributed by atoms with E-state index in [1.807, 2.05) is 17.5 Å². The largest absolute Gasteiger partial charge is 0.379 e. The molecular weight excluding hydrogens is 383 g/mol. The van der Waals surface area contributed by atoms with Crippen molar-refractivity contribution in [2.45, 2.75) is 25.4 Å². The van der Waals surface area contributed by atoms with Crippen molar-refractivity contribution in [1.82, 2.24) is 4.98 Å². The maximum Gasteiger partial charge on any atom is 0.131 e. The number of nitrogens with one attached hydrogen (secondary N) is 1. The Morgan fingerprint density at radius 3 is 2.96 bits per heavy atom. The van der Waals surface area contributed by atoms with Crippen molar-refractivity contribution >= 4 is 61.8 Å². The van der Waals surface area contributed by atoms with Crippen LogP contribution in [0.25, 0.3) is 10.2 Å². The van der Waals surface area contributed by atoms with Crippen molar-refractivity contribution in [3.63, 3.8) is 0 Å². The lowest BCUT2D eigenvalue weighted by atomic mass is 10.1. The fourth-order valence-electron chi connectivity index (χ4n) is 2.34. The van der Waals surface area contributed by atoms with E-state index < -0.39 is 0 Å². The van der Waals surface area contributed by atoms with E-state index in [4.69, 9.17) is 34.2 Å². The number of nitriles is 1. The van der Waals surface area contributed by atoms with E-state index in [-0.39, 0.29) is 6.04 Å². The molecule has 24 heavy (non-hydrogen) atoms. The van der Waals surface area contributed by atoms with Gasteiger partial charge in [0.25, 0.3) is 0 Å². The molecule has 4 nitrogen and oxygen atoms in total. The zero-order chi connectivity index (χ0) is 17.1. The van der Waals surface area contributed by atoms with Gasteiger partial charge in [0.1, 0.15) is 10.7 Å². The van der Waals surface area contributed by atoms with Gasteiger partial charge >= 0.3 is 0 Å². The molecule has 8 heteroatoms. The predicted molar refractivity (Wildman–Crippen MR) is 103 cm³/mol. The summed E-state index contributed by atoms with van der Waals surface area (Å²) >= 11 is 15.9. The molecule has 0 fully saturated rings. The SMILES string of the molecule is N#CCC(N)Cc1sc2c(NCc3cccs3)cc(Cl)nc2c1Cl. The lowest BCUT2D eigenvalue weighted by molar-refractivity contribution is 0.692. The van der Waals surface area contributed by atoms with Gasteiger partial charge in [-0.25, -0.2) is 4.98 Å². The molecule has 1 unspecified atom stereocenters. The summed E-state index contributed by atoms with van der Waals surface area (Å²) in [7, 11) is 0. The molecule has 3 aromatic rings. The summed E-state index contributed by atoms with van der Waals surface area (Å²) < 4.78 is 0.958. The maximum absolute atomic E-state index is 8.77. The molecule has 0 aromatic carbocycles. The van der Waals surface area contributed by atoms with E-state index in [9.17, 15) is 0 Å². The lowest BCUT2D eigenvalue weighted by Crippen LogP contribution is -2.21. The monoisotopic (exact) mass is 396 g/mol. The first-order valence-corrected chi connectivity index (χ1v) is 9.70.